The average molecular weight is 345 g/mol. The van der Waals surface area contributed by atoms with Crippen LogP contribution in [-0.4, -0.2) is 36.1 Å². The van der Waals surface area contributed by atoms with Gasteiger partial charge >= 0.3 is 11.9 Å². The van der Waals surface area contributed by atoms with Gasteiger partial charge in [-0.1, -0.05) is 12.8 Å². The van der Waals surface area contributed by atoms with Gasteiger partial charge in [0, 0.05) is 18.0 Å². The Morgan fingerprint density at radius 1 is 1.30 bits per heavy atom. The molecule has 128 valence electrons. The lowest BCUT2D eigenvalue weighted by Gasteiger charge is -2.29. The van der Waals surface area contributed by atoms with Gasteiger partial charge in [-0.15, -0.1) is 0 Å². The highest BCUT2D eigenvalue weighted by molar-refractivity contribution is 7.89. The number of hydrogen-bond acceptors (Lipinski definition) is 5. The van der Waals surface area contributed by atoms with Crippen LogP contribution in [0.25, 0.3) is 0 Å². The monoisotopic (exact) mass is 345 g/mol. The van der Waals surface area contributed by atoms with Gasteiger partial charge in [-0.25, -0.2) is 17.9 Å². The standard InChI is InChI=1S/C14H19NO7S/c1-9-11(8-10(22-9)13(18)19)23(20,21)15-14(5-2-3-6-14)7-4-12(16)17/h8,15H,2-7H2,1H3,(H,16,17)(H,18,19). The van der Waals surface area contributed by atoms with Gasteiger partial charge in [-0.3, -0.25) is 4.79 Å². The normalized spacial score (nSPS) is 17.3. The van der Waals surface area contributed by atoms with Crippen molar-refractivity contribution >= 4 is 22.0 Å². The van der Waals surface area contributed by atoms with Crippen molar-refractivity contribution in [3.63, 3.8) is 0 Å². The van der Waals surface area contributed by atoms with E-state index in [0.29, 0.717) is 12.8 Å². The average Bonchev–Trinajstić information content (AvgIpc) is 3.04. The Kier molecular flexibility index (Phi) is 4.81. The van der Waals surface area contributed by atoms with Gasteiger partial charge in [-0.2, -0.15) is 0 Å². The van der Waals surface area contributed by atoms with E-state index in [1.807, 2.05) is 0 Å². The van der Waals surface area contributed by atoms with E-state index in [1.165, 1.54) is 6.92 Å². The number of aromatic carboxylic acids is 1. The zero-order valence-electron chi connectivity index (χ0n) is 12.7. The summed E-state index contributed by atoms with van der Waals surface area (Å²) in [4.78, 5) is 21.5. The number of aliphatic carboxylic acids is 1. The molecular formula is C14H19NO7S. The van der Waals surface area contributed by atoms with Crippen LogP contribution < -0.4 is 4.72 Å². The molecule has 1 aromatic heterocycles. The van der Waals surface area contributed by atoms with Gasteiger partial charge in [-0.05, 0) is 26.2 Å². The highest BCUT2D eigenvalue weighted by Crippen LogP contribution is 2.35. The number of carbonyl (C=O) groups is 2. The number of hydrogen-bond donors (Lipinski definition) is 3. The van der Waals surface area contributed by atoms with Gasteiger partial charge in [0.2, 0.25) is 15.8 Å². The number of furan rings is 1. The van der Waals surface area contributed by atoms with E-state index in [2.05, 4.69) is 4.72 Å². The molecule has 3 N–H and O–H groups in total. The fourth-order valence-electron chi connectivity index (χ4n) is 2.98. The van der Waals surface area contributed by atoms with E-state index < -0.39 is 33.3 Å². The molecule has 0 saturated heterocycles. The van der Waals surface area contributed by atoms with Crippen molar-refractivity contribution in [3.8, 4) is 0 Å². The molecule has 0 aromatic carbocycles. The van der Waals surface area contributed by atoms with E-state index in [0.717, 1.165) is 18.9 Å². The third-order valence-corrected chi connectivity index (χ3v) is 5.79. The molecule has 1 aliphatic carbocycles. The zero-order chi connectivity index (χ0) is 17.3. The van der Waals surface area contributed by atoms with Crippen LogP contribution in [0.15, 0.2) is 15.4 Å². The van der Waals surface area contributed by atoms with E-state index >= 15 is 0 Å². The Hall–Kier alpha value is -1.87. The van der Waals surface area contributed by atoms with Gasteiger partial charge in [0.05, 0.1) is 0 Å². The van der Waals surface area contributed by atoms with E-state index in [9.17, 15) is 18.0 Å². The topological polar surface area (TPSA) is 134 Å². The summed E-state index contributed by atoms with van der Waals surface area (Å²) in [6.45, 7) is 1.37. The van der Waals surface area contributed by atoms with E-state index in [-0.39, 0.29) is 23.5 Å². The van der Waals surface area contributed by atoms with Crippen molar-refractivity contribution < 1.29 is 32.6 Å². The maximum Gasteiger partial charge on any atom is 0.371 e. The second kappa shape index (κ2) is 6.32. The molecule has 9 heteroatoms. The van der Waals surface area contributed by atoms with Crippen LogP contribution in [0.4, 0.5) is 0 Å². The lowest BCUT2D eigenvalue weighted by atomic mass is 9.93. The van der Waals surface area contributed by atoms with Crippen molar-refractivity contribution in [1.29, 1.82) is 0 Å². The first kappa shape index (κ1) is 17.5. The van der Waals surface area contributed by atoms with Crippen molar-refractivity contribution in [2.75, 3.05) is 0 Å². The van der Waals surface area contributed by atoms with E-state index in [4.69, 9.17) is 14.6 Å². The summed E-state index contributed by atoms with van der Waals surface area (Å²) < 4.78 is 32.7. The maximum atomic E-state index is 12.6. The lowest BCUT2D eigenvalue weighted by Crippen LogP contribution is -2.46. The Labute approximate surface area is 133 Å². The Balaban J connectivity index is 2.28. The molecule has 0 amide bonds. The number of carboxylic acid groups (broad SMARTS) is 2. The largest absolute Gasteiger partial charge is 0.481 e. The summed E-state index contributed by atoms with van der Waals surface area (Å²) in [6, 6.07) is 0.972. The minimum atomic E-state index is -3.99. The molecular weight excluding hydrogens is 326 g/mol. The fourth-order valence-corrected chi connectivity index (χ4v) is 4.65. The molecule has 0 atom stereocenters. The van der Waals surface area contributed by atoms with Gasteiger partial charge in [0.15, 0.2) is 0 Å². The first-order valence-electron chi connectivity index (χ1n) is 7.25. The van der Waals surface area contributed by atoms with Crippen LogP contribution in [0.3, 0.4) is 0 Å². The molecule has 0 spiro atoms. The second-order valence-electron chi connectivity index (χ2n) is 5.82. The molecule has 8 nitrogen and oxygen atoms in total. The van der Waals surface area contributed by atoms with E-state index in [1.54, 1.807) is 0 Å². The predicted octanol–water partition coefficient (Wildman–Crippen LogP) is 1.74. The van der Waals surface area contributed by atoms with Crippen molar-refractivity contribution in [3.05, 3.63) is 17.6 Å². The molecule has 23 heavy (non-hydrogen) atoms. The number of aryl methyl sites for hydroxylation is 1. The molecule has 1 aromatic rings. The van der Waals surface area contributed by atoms with Gasteiger partial charge in [0.1, 0.15) is 10.7 Å². The van der Waals surface area contributed by atoms with Crippen molar-refractivity contribution in [2.45, 2.75) is 55.9 Å². The minimum Gasteiger partial charge on any atom is -0.481 e. The molecule has 1 fully saturated rings. The van der Waals surface area contributed by atoms with Crippen LogP contribution >= 0.6 is 0 Å². The van der Waals surface area contributed by atoms with Crippen LogP contribution in [0.2, 0.25) is 0 Å². The first-order chi connectivity index (χ1) is 10.7. The first-order valence-corrected chi connectivity index (χ1v) is 8.73. The van der Waals surface area contributed by atoms with Gasteiger partial charge in [0.25, 0.3) is 0 Å². The number of rotatable bonds is 7. The molecule has 1 heterocycles. The quantitative estimate of drug-likeness (QED) is 0.685. The SMILES string of the molecule is Cc1oc(C(=O)O)cc1S(=O)(=O)NC1(CCC(=O)O)CCCC1. The Morgan fingerprint density at radius 3 is 2.39 bits per heavy atom. The molecule has 0 aliphatic heterocycles. The van der Waals surface area contributed by atoms with Crippen molar-refractivity contribution in [1.82, 2.24) is 4.72 Å². The molecule has 0 radical (unpaired) electrons. The van der Waals surface area contributed by atoms with Crippen LogP contribution in [0.5, 0.6) is 0 Å². The molecule has 2 rings (SSSR count). The summed E-state index contributed by atoms with van der Waals surface area (Å²) >= 11 is 0. The number of sulfonamides is 1. The molecule has 0 bridgehead atoms. The van der Waals surface area contributed by atoms with Crippen LogP contribution in [0, 0.1) is 6.92 Å². The number of nitrogens with one attached hydrogen (secondary N) is 1. The maximum absolute atomic E-state index is 12.6. The highest BCUT2D eigenvalue weighted by Gasteiger charge is 2.39. The summed E-state index contributed by atoms with van der Waals surface area (Å²) in [5.41, 5.74) is -0.801. The summed E-state index contributed by atoms with van der Waals surface area (Å²) in [7, 11) is -3.99. The molecule has 1 saturated carbocycles. The summed E-state index contributed by atoms with van der Waals surface area (Å²) in [5.74, 6) is -2.80. The minimum absolute atomic E-state index is 0.0127. The summed E-state index contributed by atoms with van der Waals surface area (Å²) in [6.07, 6.45) is 2.81. The smallest absolute Gasteiger partial charge is 0.371 e. The summed E-state index contributed by atoms with van der Waals surface area (Å²) in [5, 5.41) is 17.7. The fraction of sp³-hybridized carbons (Fsp3) is 0.571. The van der Waals surface area contributed by atoms with Crippen LogP contribution in [0.1, 0.15) is 54.8 Å². The third-order valence-electron chi connectivity index (χ3n) is 4.10. The third kappa shape index (κ3) is 3.91. The number of carboxylic acids is 2. The Bertz CT molecular complexity index is 713. The molecule has 0 unspecified atom stereocenters. The predicted molar refractivity (Wildman–Crippen MR) is 78.8 cm³/mol. The van der Waals surface area contributed by atoms with Crippen LogP contribution in [-0.2, 0) is 14.8 Å². The van der Waals surface area contributed by atoms with Crippen molar-refractivity contribution in [2.24, 2.45) is 0 Å². The Morgan fingerprint density at radius 2 is 1.91 bits per heavy atom. The zero-order valence-corrected chi connectivity index (χ0v) is 13.5. The van der Waals surface area contributed by atoms with Gasteiger partial charge < -0.3 is 14.6 Å². The second-order valence-corrected chi connectivity index (χ2v) is 7.47. The molecule has 1 aliphatic rings. The highest BCUT2D eigenvalue weighted by atomic mass is 32.2. The lowest BCUT2D eigenvalue weighted by molar-refractivity contribution is -0.137.